The van der Waals surface area contributed by atoms with Crippen LogP contribution >= 0.6 is 0 Å². The van der Waals surface area contributed by atoms with Gasteiger partial charge < -0.3 is 14.7 Å². The highest BCUT2D eigenvalue weighted by Gasteiger charge is 2.32. The van der Waals surface area contributed by atoms with Gasteiger partial charge >= 0.3 is 5.97 Å². The van der Waals surface area contributed by atoms with E-state index in [-0.39, 0.29) is 11.6 Å². The number of carboxylic acids is 1. The van der Waals surface area contributed by atoms with Crippen LogP contribution in [0.15, 0.2) is 72.8 Å². The molecule has 1 N–H and O–H groups in total. The molecule has 0 aromatic heterocycles. The first-order valence-corrected chi connectivity index (χ1v) is 8.14. The quantitative estimate of drug-likeness (QED) is 0.699. The summed E-state index contributed by atoms with van der Waals surface area (Å²) in [5.41, 5.74) is 2.78. The molecule has 3 aromatic carbocycles. The number of benzene rings is 3. The van der Waals surface area contributed by atoms with Crippen LogP contribution in [-0.2, 0) is 0 Å². The van der Waals surface area contributed by atoms with Crippen molar-refractivity contribution in [3.05, 3.63) is 83.9 Å². The SMILES string of the molecule is CC(c1ccccc1)N1c2ccccc2Oc2cccc(C(=O)O)c21. The normalized spacial score (nSPS) is 13.4. The Morgan fingerprint density at radius 1 is 0.920 bits per heavy atom. The van der Waals surface area contributed by atoms with Crippen LogP contribution in [0.4, 0.5) is 11.4 Å². The van der Waals surface area contributed by atoms with Crippen LogP contribution in [-0.4, -0.2) is 11.1 Å². The van der Waals surface area contributed by atoms with Gasteiger partial charge in [-0.1, -0.05) is 48.5 Å². The highest BCUT2D eigenvalue weighted by molar-refractivity contribution is 5.99. The van der Waals surface area contributed by atoms with E-state index in [1.165, 1.54) is 0 Å². The molecule has 0 bridgehead atoms. The van der Waals surface area contributed by atoms with E-state index in [2.05, 4.69) is 6.92 Å². The van der Waals surface area contributed by atoms with Crippen LogP contribution in [0, 0.1) is 0 Å². The molecular weight excluding hydrogens is 314 g/mol. The van der Waals surface area contributed by atoms with Crippen molar-refractivity contribution in [2.24, 2.45) is 0 Å². The Morgan fingerprint density at radius 3 is 2.36 bits per heavy atom. The average molecular weight is 331 g/mol. The third-order valence-corrected chi connectivity index (χ3v) is 4.48. The lowest BCUT2D eigenvalue weighted by molar-refractivity contribution is 0.0697. The van der Waals surface area contributed by atoms with Crippen LogP contribution in [0.1, 0.15) is 28.9 Å². The largest absolute Gasteiger partial charge is 0.478 e. The summed E-state index contributed by atoms with van der Waals surface area (Å²) >= 11 is 0. The predicted molar refractivity (Wildman–Crippen MR) is 96.9 cm³/mol. The molecule has 1 heterocycles. The van der Waals surface area contributed by atoms with Crippen LogP contribution in [0.5, 0.6) is 11.5 Å². The molecule has 4 heteroatoms. The number of anilines is 2. The third kappa shape index (κ3) is 2.52. The number of rotatable bonds is 3. The molecule has 1 aliphatic rings. The molecule has 0 aliphatic carbocycles. The second-order valence-corrected chi connectivity index (χ2v) is 5.98. The number of para-hydroxylation sites is 3. The second-order valence-electron chi connectivity index (χ2n) is 5.98. The maximum absolute atomic E-state index is 11.8. The summed E-state index contributed by atoms with van der Waals surface area (Å²) in [5, 5.41) is 9.68. The molecule has 0 fully saturated rings. The Morgan fingerprint density at radius 2 is 1.60 bits per heavy atom. The zero-order chi connectivity index (χ0) is 17.4. The summed E-state index contributed by atoms with van der Waals surface area (Å²) in [6.07, 6.45) is 0. The maximum Gasteiger partial charge on any atom is 0.337 e. The number of ether oxygens (including phenoxy) is 1. The van der Waals surface area contributed by atoms with Crippen molar-refractivity contribution in [2.45, 2.75) is 13.0 Å². The lowest BCUT2D eigenvalue weighted by Gasteiger charge is -2.38. The molecule has 1 atom stereocenters. The zero-order valence-corrected chi connectivity index (χ0v) is 13.7. The van der Waals surface area contributed by atoms with Gasteiger partial charge in [-0.2, -0.15) is 0 Å². The molecule has 0 saturated heterocycles. The van der Waals surface area contributed by atoms with Gasteiger partial charge in [0.1, 0.15) is 0 Å². The van der Waals surface area contributed by atoms with Crippen LogP contribution in [0.3, 0.4) is 0 Å². The van der Waals surface area contributed by atoms with Crippen molar-refractivity contribution in [2.75, 3.05) is 4.90 Å². The minimum atomic E-state index is -0.968. The van der Waals surface area contributed by atoms with Crippen molar-refractivity contribution in [3.63, 3.8) is 0 Å². The molecule has 4 rings (SSSR count). The number of carbonyl (C=O) groups is 1. The van der Waals surface area contributed by atoms with E-state index in [4.69, 9.17) is 4.74 Å². The highest BCUT2D eigenvalue weighted by Crippen LogP contribution is 2.51. The van der Waals surface area contributed by atoms with E-state index in [0.717, 1.165) is 17.0 Å². The van der Waals surface area contributed by atoms with Crippen LogP contribution in [0.2, 0.25) is 0 Å². The van der Waals surface area contributed by atoms with E-state index < -0.39 is 5.97 Å². The molecule has 0 spiro atoms. The summed E-state index contributed by atoms with van der Waals surface area (Å²) in [6.45, 7) is 2.07. The lowest BCUT2D eigenvalue weighted by Crippen LogP contribution is -2.26. The van der Waals surface area contributed by atoms with E-state index in [1.54, 1.807) is 12.1 Å². The van der Waals surface area contributed by atoms with Gasteiger partial charge in [-0.3, -0.25) is 0 Å². The standard InChI is InChI=1S/C21H17NO3/c1-14(15-8-3-2-4-9-15)22-17-11-5-6-12-18(17)25-19-13-7-10-16(20(19)22)21(23)24/h2-14H,1H3,(H,23,24). The van der Waals surface area contributed by atoms with E-state index in [0.29, 0.717) is 11.4 Å². The Bertz CT molecular complexity index is 937. The summed E-state index contributed by atoms with van der Waals surface area (Å²) in [6, 6.07) is 22.8. The zero-order valence-electron chi connectivity index (χ0n) is 13.7. The second kappa shape index (κ2) is 5.98. The van der Waals surface area contributed by atoms with Crippen molar-refractivity contribution in [1.29, 1.82) is 0 Å². The summed E-state index contributed by atoms with van der Waals surface area (Å²) in [4.78, 5) is 13.9. The Hall–Kier alpha value is -3.27. The molecular formula is C21H17NO3. The van der Waals surface area contributed by atoms with Crippen LogP contribution in [0.25, 0.3) is 0 Å². The van der Waals surface area contributed by atoms with Gasteiger partial charge in [0.2, 0.25) is 0 Å². The number of aromatic carboxylic acids is 1. The first-order chi connectivity index (χ1) is 12.2. The van der Waals surface area contributed by atoms with E-state index >= 15 is 0 Å². The van der Waals surface area contributed by atoms with Crippen molar-refractivity contribution < 1.29 is 14.6 Å². The first-order valence-electron chi connectivity index (χ1n) is 8.14. The maximum atomic E-state index is 11.8. The first kappa shape index (κ1) is 15.3. The fraction of sp³-hybridized carbons (Fsp3) is 0.0952. The van der Waals surface area contributed by atoms with E-state index in [9.17, 15) is 9.90 Å². The molecule has 0 radical (unpaired) electrons. The monoisotopic (exact) mass is 331 g/mol. The van der Waals surface area contributed by atoms with Gasteiger partial charge in [0, 0.05) is 0 Å². The topological polar surface area (TPSA) is 49.8 Å². The van der Waals surface area contributed by atoms with Gasteiger partial charge in [-0.15, -0.1) is 0 Å². The third-order valence-electron chi connectivity index (χ3n) is 4.48. The number of nitrogens with zero attached hydrogens (tertiary/aromatic N) is 1. The Labute approximate surface area is 145 Å². The van der Waals surface area contributed by atoms with Gasteiger partial charge in [-0.25, -0.2) is 4.79 Å². The minimum Gasteiger partial charge on any atom is -0.478 e. The molecule has 1 aliphatic heterocycles. The number of hydrogen-bond acceptors (Lipinski definition) is 3. The fourth-order valence-electron chi connectivity index (χ4n) is 3.29. The lowest BCUT2D eigenvalue weighted by atomic mass is 10.0. The molecule has 25 heavy (non-hydrogen) atoms. The molecule has 0 amide bonds. The summed E-state index contributed by atoms with van der Waals surface area (Å²) in [5.74, 6) is 0.312. The van der Waals surface area contributed by atoms with Gasteiger partial charge in [0.05, 0.1) is 23.0 Å². The van der Waals surface area contributed by atoms with Crippen LogP contribution < -0.4 is 9.64 Å². The van der Waals surface area contributed by atoms with Gasteiger partial charge in [-0.05, 0) is 36.8 Å². The molecule has 4 nitrogen and oxygen atoms in total. The van der Waals surface area contributed by atoms with Gasteiger partial charge in [0.15, 0.2) is 11.5 Å². The average Bonchev–Trinajstić information content (AvgIpc) is 2.65. The number of fused-ring (bicyclic) bond motifs is 2. The molecule has 3 aromatic rings. The fourth-order valence-corrected chi connectivity index (χ4v) is 3.29. The summed E-state index contributed by atoms with van der Waals surface area (Å²) < 4.78 is 5.98. The predicted octanol–water partition coefficient (Wildman–Crippen LogP) is 5.39. The molecule has 1 unspecified atom stereocenters. The van der Waals surface area contributed by atoms with Crippen molar-refractivity contribution >= 4 is 17.3 Å². The number of carboxylic acid groups (broad SMARTS) is 1. The number of hydrogen-bond donors (Lipinski definition) is 1. The minimum absolute atomic E-state index is 0.0505. The molecule has 0 saturated carbocycles. The van der Waals surface area contributed by atoms with Crippen molar-refractivity contribution in [1.82, 2.24) is 0 Å². The Kier molecular flexibility index (Phi) is 3.65. The van der Waals surface area contributed by atoms with E-state index in [1.807, 2.05) is 65.6 Å². The van der Waals surface area contributed by atoms with Gasteiger partial charge in [0.25, 0.3) is 0 Å². The summed E-state index contributed by atoms with van der Waals surface area (Å²) in [7, 11) is 0. The smallest absolute Gasteiger partial charge is 0.337 e. The molecule has 124 valence electrons. The highest BCUT2D eigenvalue weighted by atomic mass is 16.5. The van der Waals surface area contributed by atoms with Crippen molar-refractivity contribution in [3.8, 4) is 11.5 Å². The Balaban J connectivity index is 1.95.